The van der Waals surface area contributed by atoms with Gasteiger partial charge >= 0.3 is 5.97 Å². The number of carbonyl (C=O) groups is 2. The maximum absolute atomic E-state index is 12.0. The molecule has 8 heteroatoms. The van der Waals surface area contributed by atoms with Gasteiger partial charge in [-0.2, -0.15) is 4.99 Å². The van der Waals surface area contributed by atoms with Crippen LogP contribution in [-0.2, 0) is 9.53 Å². The van der Waals surface area contributed by atoms with E-state index >= 15 is 0 Å². The van der Waals surface area contributed by atoms with Gasteiger partial charge in [-0.1, -0.05) is 23.1 Å². The van der Waals surface area contributed by atoms with Gasteiger partial charge in [0.2, 0.25) is 11.0 Å². The van der Waals surface area contributed by atoms with Crippen molar-refractivity contribution in [2.45, 2.75) is 33.3 Å². The Morgan fingerprint density at radius 2 is 2.15 bits per heavy atom. The maximum atomic E-state index is 12.0. The van der Waals surface area contributed by atoms with E-state index in [-0.39, 0.29) is 5.91 Å². The number of ether oxygens (including phenoxy) is 1. The smallest absolute Gasteiger partial charge is 0.350 e. The first kappa shape index (κ1) is 15.0. The molecule has 6 nitrogen and oxygen atoms in total. The molecule has 0 spiro atoms. The number of carbonyl (C=O) groups excluding carboxylic acids is 2. The molecule has 0 bridgehead atoms. The lowest BCUT2D eigenvalue weighted by Crippen LogP contribution is -2.23. The summed E-state index contributed by atoms with van der Waals surface area (Å²) < 4.78 is 5.31. The first-order chi connectivity index (χ1) is 9.24. The van der Waals surface area contributed by atoms with Gasteiger partial charge in [0, 0.05) is 0 Å². The molecule has 1 amide bonds. The third-order valence-corrected chi connectivity index (χ3v) is 4.06. The molecule has 0 aromatic carbocycles. The molecule has 1 aliphatic heterocycles. The highest BCUT2D eigenvalue weighted by Crippen LogP contribution is 2.28. The number of aromatic nitrogens is 1. The van der Waals surface area contributed by atoms with Crippen molar-refractivity contribution in [1.29, 1.82) is 0 Å². The molecule has 0 atom stereocenters. The quantitative estimate of drug-likeness (QED) is 0.847. The molecular weight excluding hydrogens is 298 g/mol. The van der Waals surface area contributed by atoms with Crippen LogP contribution in [0.25, 0.3) is 0 Å². The van der Waals surface area contributed by atoms with Gasteiger partial charge in [-0.15, -0.1) is 0 Å². The van der Waals surface area contributed by atoms with Crippen LogP contribution in [0.2, 0.25) is 0 Å². The zero-order valence-electron chi connectivity index (χ0n) is 11.6. The summed E-state index contributed by atoms with van der Waals surface area (Å²) in [6.45, 7) is 7.17. The summed E-state index contributed by atoms with van der Waals surface area (Å²) in [5.74, 6) is -0.112. The third kappa shape index (κ3) is 3.80. The molecule has 1 aromatic heterocycles. The summed E-state index contributed by atoms with van der Waals surface area (Å²) in [6.07, 6.45) is 0. The predicted octanol–water partition coefficient (Wildman–Crippen LogP) is 2.26. The number of thioether (sulfide) groups is 1. The average Bonchev–Trinajstić information content (AvgIpc) is 2.83. The molecule has 1 N–H and O–H groups in total. The molecule has 0 radical (unpaired) electrons. The number of thiazole rings is 1. The highest BCUT2D eigenvalue weighted by molar-refractivity contribution is 8.15. The highest BCUT2D eigenvalue weighted by atomic mass is 32.2. The number of hydrogen-bond donors (Lipinski definition) is 1. The zero-order chi connectivity index (χ0) is 14.9. The molecule has 0 aliphatic carbocycles. The van der Waals surface area contributed by atoms with Crippen LogP contribution in [0.4, 0.5) is 5.13 Å². The summed E-state index contributed by atoms with van der Waals surface area (Å²) in [5, 5.41) is 3.57. The molecular formula is C12H15N3O3S2. The number of amidine groups is 1. The molecule has 1 aromatic rings. The Kier molecular flexibility index (Phi) is 4.14. The number of amides is 1. The largest absolute Gasteiger partial charge is 0.456 e. The fourth-order valence-electron chi connectivity index (χ4n) is 1.42. The van der Waals surface area contributed by atoms with Crippen LogP contribution in [0, 0.1) is 6.92 Å². The van der Waals surface area contributed by atoms with Gasteiger partial charge in [0.05, 0.1) is 11.4 Å². The summed E-state index contributed by atoms with van der Waals surface area (Å²) in [5.41, 5.74) is 0.0346. The van der Waals surface area contributed by atoms with Crippen LogP contribution in [0.15, 0.2) is 4.99 Å². The number of esters is 1. The molecule has 1 saturated heterocycles. The van der Waals surface area contributed by atoms with E-state index in [1.807, 2.05) is 20.8 Å². The van der Waals surface area contributed by atoms with Gasteiger partial charge in [0.15, 0.2) is 5.17 Å². The summed E-state index contributed by atoms with van der Waals surface area (Å²) >= 11 is 2.48. The molecule has 0 saturated carbocycles. The Bertz CT molecular complexity index is 587. The van der Waals surface area contributed by atoms with E-state index in [1.165, 1.54) is 11.8 Å². The number of aryl methyl sites for hydroxylation is 1. The van der Waals surface area contributed by atoms with Crippen molar-refractivity contribution in [2.24, 2.45) is 4.99 Å². The molecule has 1 aliphatic rings. The Balaban J connectivity index is 2.17. The number of aliphatic imine (C=N–C) groups is 1. The van der Waals surface area contributed by atoms with Gasteiger partial charge in [0.25, 0.3) is 0 Å². The maximum Gasteiger partial charge on any atom is 0.350 e. The Hall–Kier alpha value is -1.41. The van der Waals surface area contributed by atoms with E-state index in [0.717, 1.165) is 11.3 Å². The normalized spacial score (nSPS) is 17.4. The van der Waals surface area contributed by atoms with E-state index in [9.17, 15) is 9.59 Å². The van der Waals surface area contributed by atoms with Crippen molar-refractivity contribution < 1.29 is 14.3 Å². The van der Waals surface area contributed by atoms with Crippen molar-refractivity contribution in [2.75, 3.05) is 5.75 Å². The van der Waals surface area contributed by atoms with Crippen molar-refractivity contribution in [3.63, 3.8) is 0 Å². The second-order valence-corrected chi connectivity index (χ2v) is 7.11. The lowest BCUT2D eigenvalue weighted by Gasteiger charge is -2.18. The summed E-state index contributed by atoms with van der Waals surface area (Å²) in [7, 11) is 0. The minimum absolute atomic E-state index is 0.0746. The predicted molar refractivity (Wildman–Crippen MR) is 79.7 cm³/mol. The number of nitrogens with one attached hydrogen (secondary N) is 1. The van der Waals surface area contributed by atoms with Gasteiger partial charge in [-0.3, -0.25) is 4.79 Å². The molecule has 2 heterocycles. The summed E-state index contributed by atoms with van der Waals surface area (Å²) in [6, 6.07) is 0. The monoisotopic (exact) mass is 313 g/mol. The lowest BCUT2D eigenvalue weighted by molar-refractivity contribution is -0.116. The van der Waals surface area contributed by atoms with Gasteiger partial charge in [-0.25, -0.2) is 9.78 Å². The van der Waals surface area contributed by atoms with E-state index in [0.29, 0.717) is 26.6 Å². The van der Waals surface area contributed by atoms with Crippen molar-refractivity contribution >= 4 is 45.3 Å². The minimum Gasteiger partial charge on any atom is -0.456 e. The highest BCUT2D eigenvalue weighted by Gasteiger charge is 2.23. The summed E-state index contributed by atoms with van der Waals surface area (Å²) in [4.78, 5) is 32.0. The standard InChI is InChI=1S/C12H15N3O3S2/c1-6-8(9(17)18-12(2,3)4)20-11(13-6)15-10-14-7(16)5-19-10/h5H2,1-4H3,(H,13,14,15,16). The Morgan fingerprint density at radius 1 is 1.45 bits per heavy atom. The molecule has 0 unspecified atom stereocenters. The Labute approximate surface area is 125 Å². The fourth-order valence-corrected chi connectivity index (χ4v) is 2.97. The van der Waals surface area contributed by atoms with Crippen LogP contribution in [0.1, 0.15) is 36.1 Å². The van der Waals surface area contributed by atoms with Crippen LogP contribution >= 0.6 is 23.1 Å². The van der Waals surface area contributed by atoms with E-state index < -0.39 is 11.6 Å². The van der Waals surface area contributed by atoms with Crippen molar-refractivity contribution in [3.8, 4) is 0 Å². The van der Waals surface area contributed by atoms with Crippen LogP contribution in [0.5, 0.6) is 0 Å². The van der Waals surface area contributed by atoms with Crippen molar-refractivity contribution in [3.05, 3.63) is 10.6 Å². The zero-order valence-corrected chi connectivity index (χ0v) is 13.3. The number of rotatable bonds is 2. The molecule has 1 fully saturated rings. The van der Waals surface area contributed by atoms with Crippen LogP contribution in [-0.4, -0.2) is 33.4 Å². The van der Waals surface area contributed by atoms with Gasteiger partial charge < -0.3 is 10.1 Å². The second kappa shape index (κ2) is 5.53. The van der Waals surface area contributed by atoms with E-state index in [1.54, 1.807) is 6.92 Å². The first-order valence-electron chi connectivity index (χ1n) is 5.97. The lowest BCUT2D eigenvalue weighted by atomic mass is 10.2. The van der Waals surface area contributed by atoms with Gasteiger partial charge in [-0.05, 0) is 27.7 Å². The SMILES string of the molecule is Cc1nc(/N=C2\NC(=O)CS2)sc1C(=O)OC(C)(C)C. The number of nitrogens with zero attached hydrogens (tertiary/aromatic N) is 2. The molecule has 2 rings (SSSR count). The Morgan fingerprint density at radius 3 is 2.70 bits per heavy atom. The van der Waals surface area contributed by atoms with E-state index in [4.69, 9.17) is 4.74 Å². The third-order valence-electron chi connectivity index (χ3n) is 2.15. The van der Waals surface area contributed by atoms with E-state index in [2.05, 4.69) is 15.3 Å². The molecule has 108 valence electrons. The van der Waals surface area contributed by atoms with Crippen molar-refractivity contribution in [1.82, 2.24) is 10.3 Å². The average molecular weight is 313 g/mol. The molecule has 20 heavy (non-hydrogen) atoms. The fraction of sp³-hybridized carbons (Fsp3) is 0.500. The van der Waals surface area contributed by atoms with Crippen LogP contribution in [0.3, 0.4) is 0 Å². The topological polar surface area (TPSA) is 80.7 Å². The number of hydrogen-bond acceptors (Lipinski definition) is 7. The first-order valence-corrected chi connectivity index (χ1v) is 7.77. The van der Waals surface area contributed by atoms with Gasteiger partial charge in [0.1, 0.15) is 10.5 Å². The van der Waals surface area contributed by atoms with Crippen LogP contribution < -0.4 is 5.32 Å². The second-order valence-electron chi connectivity index (χ2n) is 5.17. The minimum atomic E-state index is -0.547.